The van der Waals surface area contributed by atoms with Gasteiger partial charge >= 0.3 is 11.8 Å². The van der Waals surface area contributed by atoms with Crippen LogP contribution in [-0.2, 0) is 22.4 Å². The Morgan fingerprint density at radius 1 is 0.958 bits per heavy atom. The van der Waals surface area contributed by atoms with Crippen LogP contribution >= 0.6 is 0 Å². The number of hydrogen-bond donors (Lipinski definition) is 2. The van der Waals surface area contributed by atoms with E-state index >= 15 is 0 Å². The number of fused-ring (bicyclic) bond motifs is 1. The van der Waals surface area contributed by atoms with Gasteiger partial charge in [0.15, 0.2) is 0 Å². The van der Waals surface area contributed by atoms with E-state index in [1.54, 1.807) is 18.2 Å². The van der Waals surface area contributed by atoms with Crippen LogP contribution in [0.4, 0.5) is 11.4 Å². The molecule has 0 fully saturated rings. The van der Waals surface area contributed by atoms with E-state index in [4.69, 9.17) is 4.74 Å². The Labute approximate surface area is 141 Å². The van der Waals surface area contributed by atoms with Gasteiger partial charge in [0.1, 0.15) is 5.75 Å². The summed E-state index contributed by atoms with van der Waals surface area (Å²) in [6, 6.07) is 12.9. The van der Waals surface area contributed by atoms with Gasteiger partial charge in [-0.2, -0.15) is 0 Å². The summed E-state index contributed by atoms with van der Waals surface area (Å²) in [7, 11) is 0. The summed E-state index contributed by atoms with van der Waals surface area (Å²) < 4.78 is 5.45. The van der Waals surface area contributed by atoms with Crippen LogP contribution in [0.15, 0.2) is 42.5 Å². The molecule has 0 heterocycles. The zero-order valence-electron chi connectivity index (χ0n) is 13.6. The fourth-order valence-corrected chi connectivity index (χ4v) is 2.95. The Bertz CT molecular complexity index is 771. The van der Waals surface area contributed by atoms with Crippen molar-refractivity contribution in [3.63, 3.8) is 0 Å². The minimum atomic E-state index is -0.710. The lowest BCUT2D eigenvalue weighted by molar-refractivity contribution is -0.133. The standard InChI is InChI=1S/C19H20N2O3/c1-2-24-17-12-4-3-10-16(17)21-19(23)18(22)20-15-11-6-8-13-7-5-9-14(13)15/h3-4,6,8,10-12H,2,5,7,9H2,1H3,(H,20,22)(H,21,23). The lowest BCUT2D eigenvalue weighted by Gasteiger charge is -2.12. The molecule has 24 heavy (non-hydrogen) atoms. The molecule has 2 aromatic carbocycles. The molecule has 5 nitrogen and oxygen atoms in total. The average Bonchev–Trinajstić information content (AvgIpc) is 3.06. The number of benzene rings is 2. The molecule has 0 unspecified atom stereocenters. The minimum Gasteiger partial charge on any atom is -0.492 e. The second-order valence-electron chi connectivity index (χ2n) is 5.63. The molecule has 0 saturated heterocycles. The number of ether oxygens (including phenoxy) is 1. The number of rotatable bonds is 4. The molecule has 2 N–H and O–H groups in total. The zero-order valence-corrected chi connectivity index (χ0v) is 13.6. The van der Waals surface area contributed by atoms with E-state index in [0.29, 0.717) is 18.0 Å². The molecular weight excluding hydrogens is 304 g/mol. The molecule has 0 atom stereocenters. The molecule has 0 bridgehead atoms. The van der Waals surface area contributed by atoms with E-state index in [0.717, 1.165) is 30.5 Å². The highest BCUT2D eigenvalue weighted by Crippen LogP contribution is 2.29. The van der Waals surface area contributed by atoms with Gasteiger partial charge in [0, 0.05) is 5.69 Å². The van der Waals surface area contributed by atoms with Gasteiger partial charge in [-0.15, -0.1) is 0 Å². The summed E-state index contributed by atoms with van der Waals surface area (Å²) >= 11 is 0. The fourth-order valence-electron chi connectivity index (χ4n) is 2.95. The van der Waals surface area contributed by atoms with Crippen molar-refractivity contribution in [1.29, 1.82) is 0 Å². The van der Waals surface area contributed by atoms with E-state index in [1.165, 1.54) is 5.56 Å². The number of carbonyl (C=O) groups is 2. The van der Waals surface area contributed by atoms with E-state index in [1.807, 2.05) is 25.1 Å². The molecule has 0 aromatic heterocycles. The zero-order chi connectivity index (χ0) is 16.9. The van der Waals surface area contributed by atoms with Crippen LogP contribution in [0.3, 0.4) is 0 Å². The van der Waals surface area contributed by atoms with Gasteiger partial charge in [0.25, 0.3) is 0 Å². The summed E-state index contributed by atoms with van der Waals surface area (Å²) in [6.45, 7) is 2.34. The summed E-state index contributed by atoms with van der Waals surface area (Å²) in [4.78, 5) is 24.4. The molecule has 2 amide bonds. The molecule has 3 rings (SSSR count). The number of hydrogen-bond acceptors (Lipinski definition) is 3. The fraction of sp³-hybridized carbons (Fsp3) is 0.263. The summed E-state index contributed by atoms with van der Waals surface area (Å²) in [6.07, 6.45) is 3.03. The highest BCUT2D eigenvalue weighted by atomic mass is 16.5. The number of nitrogens with one attached hydrogen (secondary N) is 2. The largest absolute Gasteiger partial charge is 0.492 e. The van der Waals surface area contributed by atoms with Gasteiger partial charge in [0.2, 0.25) is 0 Å². The third kappa shape index (κ3) is 3.40. The van der Waals surface area contributed by atoms with Gasteiger partial charge in [-0.3, -0.25) is 9.59 Å². The Hall–Kier alpha value is -2.82. The second kappa shape index (κ2) is 7.17. The lowest BCUT2D eigenvalue weighted by Crippen LogP contribution is -2.29. The molecule has 0 radical (unpaired) electrons. The van der Waals surface area contributed by atoms with E-state index < -0.39 is 11.8 Å². The molecule has 2 aromatic rings. The first-order valence-corrected chi connectivity index (χ1v) is 8.14. The van der Waals surface area contributed by atoms with Crippen molar-refractivity contribution in [2.45, 2.75) is 26.2 Å². The van der Waals surface area contributed by atoms with Crippen molar-refractivity contribution in [2.24, 2.45) is 0 Å². The van der Waals surface area contributed by atoms with Crippen LogP contribution in [0, 0.1) is 0 Å². The van der Waals surface area contributed by atoms with Gasteiger partial charge in [-0.25, -0.2) is 0 Å². The predicted molar refractivity (Wildman–Crippen MR) is 93.3 cm³/mol. The highest BCUT2D eigenvalue weighted by Gasteiger charge is 2.20. The van der Waals surface area contributed by atoms with Crippen molar-refractivity contribution >= 4 is 23.2 Å². The number of carbonyl (C=O) groups excluding carboxylic acids is 2. The Morgan fingerprint density at radius 3 is 2.46 bits per heavy atom. The predicted octanol–water partition coefficient (Wildman–Crippen LogP) is 3.15. The third-order valence-corrected chi connectivity index (χ3v) is 4.04. The van der Waals surface area contributed by atoms with Crippen molar-refractivity contribution in [1.82, 2.24) is 0 Å². The minimum absolute atomic E-state index is 0.481. The summed E-state index contributed by atoms with van der Waals surface area (Å²) in [5.74, 6) is -0.846. The first-order chi connectivity index (χ1) is 11.7. The lowest BCUT2D eigenvalue weighted by atomic mass is 10.1. The summed E-state index contributed by atoms with van der Waals surface area (Å²) in [5.41, 5.74) is 3.59. The van der Waals surface area contributed by atoms with Crippen LogP contribution < -0.4 is 15.4 Å². The average molecular weight is 324 g/mol. The Balaban J connectivity index is 1.70. The van der Waals surface area contributed by atoms with Crippen molar-refractivity contribution < 1.29 is 14.3 Å². The van der Waals surface area contributed by atoms with Gasteiger partial charge in [-0.05, 0) is 55.5 Å². The van der Waals surface area contributed by atoms with Crippen LogP contribution in [0.25, 0.3) is 0 Å². The molecule has 124 valence electrons. The normalized spacial score (nSPS) is 12.4. The topological polar surface area (TPSA) is 67.4 Å². The van der Waals surface area contributed by atoms with Gasteiger partial charge < -0.3 is 15.4 Å². The Kier molecular flexibility index (Phi) is 4.79. The molecule has 5 heteroatoms. The first-order valence-electron chi connectivity index (χ1n) is 8.14. The SMILES string of the molecule is CCOc1ccccc1NC(=O)C(=O)Nc1cccc2c1CCC2. The van der Waals surface area contributed by atoms with Crippen LogP contribution in [0.2, 0.25) is 0 Å². The molecule has 1 aliphatic rings. The molecule has 0 saturated carbocycles. The van der Waals surface area contributed by atoms with E-state index in [-0.39, 0.29) is 0 Å². The van der Waals surface area contributed by atoms with Gasteiger partial charge in [0.05, 0.1) is 12.3 Å². The van der Waals surface area contributed by atoms with Crippen molar-refractivity contribution in [3.8, 4) is 5.75 Å². The Morgan fingerprint density at radius 2 is 1.67 bits per heavy atom. The monoisotopic (exact) mass is 324 g/mol. The maximum Gasteiger partial charge on any atom is 0.314 e. The first kappa shape index (κ1) is 16.1. The van der Waals surface area contributed by atoms with Crippen LogP contribution in [0.1, 0.15) is 24.5 Å². The smallest absolute Gasteiger partial charge is 0.314 e. The maximum atomic E-state index is 12.2. The molecular formula is C19H20N2O3. The van der Waals surface area contributed by atoms with Crippen LogP contribution in [0.5, 0.6) is 5.75 Å². The van der Waals surface area contributed by atoms with Crippen molar-refractivity contribution in [3.05, 3.63) is 53.6 Å². The van der Waals surface area contributed by atoms with E-state index in [2.05, 4.69) is 16.7 Å². The molecule has 0 spiro atoms. The van der Waals surface area contributed by atoms with Crippen molar-refractivity contribution in [2.75, 3.05) is 17.2 Å². The van der Waals surface area contributed by atoms with Gasteiger partial charge in [-0.1, -0.05) is 24.3 Å². The summed E-state index contributed by atoms with van der Waals surface area (Å²) in [5, 5.41) is 5.33. The molecule has 0 aliphatic heterocycles. The molecule has 1 aliphatic carbocycles. The maximum absolute atomic E-state index is 12.2. The number of amides is 2. The quantitative estimate of drug-likeness (QED) is 0.849. The van der Waals surface area contributed by atoms with Crippen LogP contribution in [-0.4, -0.2) is 18.4 Å². The number of anilines is 2. The number of aryl methyl sites for hydroxylation is 1. The second-order valence-corrected chi connectivity index (χ2v) is 5.63. The highest BCUT2D eigenvalue weighted by molar-refractivity contribution is 6.43. The van der Waals surface area contributed by atoms with E-state index in [9.17, 15) is 9.59 Å². The number of para-hydroxylation sites is 2. The third-order valence-electron chi connectivity index (χ3n) is 4.04.